The van der Waals surface area contributed by atoms with E-state index in [2.05, 4.69) is 14.9 Å². The molecule has 1 atom stereocenters. The Balaban J connectivity index is 3.01. The van der Waals surface area contributed by atoms with Gasteiger partial charge in [0.1, 0.15) is 5.54 Å². The van der Waals surface area contributed by atoms with Gasteiger partial charge in [-0.1, -0.05) is 6.92 Å². The van der Waals surface area contributed by atoms with Gasteiger partial charge in [0.2, 0.25) is 0 Å². The van der Waals surface area contributed by atoms with E-state index < -0.39 is 21.5 Å². The van der Waals surface area contributed by atoms with Crippen molar-refractivity contribution in [2.45, 2.75) is 30.8 Å². The van der Waals surface area contributed by atoms with Crippen molar-refractivity contribution in [1.29, 1.82) is 0 Å². The molecule has 0 saturated heterocycles. The van der Waals surface area contributed by atoms with Crippen LogP contribution in [-0.4, -0.2) is 35.2 Å². The minimum atomic E-state index is -3.88. The van der Waals surface area contributed by atoms with Crippen LogP contribution >= 0.6 is 0 Å². The largest absolute Gasteiger partial charge is 0.480 e. The summed E-state index contributed by atoms with van der Waals surface area (Å²) in [5, 5.41) is 14.5. The third-order valence-corrected chi connectivity index (χ3v) is 3.83. The molecule has 0 aliphatic rings. The van der Waals surface area contributed by atoms with Crippen LogP contribution in [0.2, 0.25) is 0 Å². The van der Waals surface area contributed by atoms with Crippen molar-refractivity contribution in [3.63, 3.8) is 0 Å². The number of carboxylic acids is 1. The molecule has 0 radical (unpaired) electrons. The molecule has 3 N–H and O–H groups in total. The van der Waals surface area contributed by atoms with Crippen LogP contribution in [0.25, 0.3) is 0 Å². The van der Waals surface area contributed by atoms with Crippen LogP contribution < -0.4 is 4.72 Å². The molecule has 0 aliphatic carbocycles. The van der Waals surface area contributed by atoms with E-state index in [1.165, 1.54) is 19.2 Å². The third-order valence-electron chi connectivity index (χ3n) is 2.30. The first-order valence-corrected chi connectivity index (χ1v) is 6.07. The molecule has 0 saturated carbocycles. The Labute approximate surface area is 92.9 Å². The van der Waals surface area contributed by atoms with Gasteiger partial charge in [0, 0.05) is 0 Å². The van der Waals surface area contributed by atoms with E-state index in [4.69, 9.17) is 5.11 Å². The first-order valence-electron chi connectivity index (χ1n) is 4.58. The quantitative estimate of drug-likeness (QED) is 0.674. The van der Waals surface area contributed by atoms with E-state index >= 15 is 0 Å². The van der Waals surface area contributed by atoms with Crippen molar-refractivity contribution in [1.82, 2.24) is 14.9 Å². The highest BCUT2D eigenvalue weighted by Crippen LogP contribution is 2.14. The van der Waals surface area contributed by atoms with Crippen molar-refractivity contribution in [3.8, 4) is 0 Å². The molecule has 0 amide bonds. The number of nitrogens with one attached hydrogen (secondary N) is 2. The van der Waals surface area contributed by atoms with Crippen LogP contribution in [0.5, 0.6) is 0 Å². The van der Waals surface area contributed by atoms with Gasteiger partial charge in [0.25, 0.3) is 10.0 Å². The van der Waals surface area contributed by atoms with Gasteiger partial charge in [-0.25, -0.2) is 8.42 Å². The maximum Gasteiger partial charge on any atom is 0.324 e. The van der Waals surface area contributed by atoms with Crippen molar-refractivity contribution in [3.05, 3.63) is 12.3 Å². The average molecular weight is 247 g/mol. The Hall–Kier alpha value is -1.41. The lowest BCUT2D eigenvalue weighted by atomic mass is 10.0. The fourth-order valence-corrected chi connectivity index (χ4v) is 2.36. The summed E-state index contributed by atoms with van der Waals surface area (Å²) >= 11 is 0. The Bertz CT molecular complexity index is 467. The zero-order valence-electron chi connectivity index (χ0n) is 8.89. The lowest BCUT2D eigenvalue weighted by molar-refractivity contribution is -0.143. The van der Waals surface area contributed by atoms with Gasteiger partial charge in [-0.05, 0) is 19.4 Å². The molecule has 1 rings (SSSR count). The Kier molecular flexibility index (Phi) is 3.34. The van der Waals surface area contributed by atoms with Gasteiger partial charge in [-0.3, -0.25) is 9.89 Å². The van der Waals surface area contributed by atoms with Crippen LogP contribution in [-0.2, 0) is 14.8 Å². The van der Waals surface area contributed by atoms with E-state index in [0.29, 0.717) is 0 Å². The summed E-state index contributed by atoms with van der Waals surface area (Å²) in [6, 6.07) is 1.25. The monoisotopic (exact) mass is 247 g/mol. The number of aromatic nitrogens is 2. The molecule has 8 heteroatoms. The van der Waals surface area contributed by atoms with E-state index in [1.54, 1.807) is 6.92 Å². The summed E-state index contributed by atoms with van der Waals surface area (Å²) in [6.45, 7) is 2.90. The highest BCUT2D eigenvalue weighted by molar-refractivity contribution is 7.89. The predicted octanol–water partition coefficient (Wildman–Crippen LogP) is -0.0587. The molecule has 0 fully saturated rings. The number of H-pyrrole nitrogens is 1. The number of rotatable bonds is 5. The van der Waals surface area contributed by atoms with Gasteiger partial charge in [0.15, 0.2) is 5.03 Å². The number of aliphatic carboxylic acids is 1. The van der Waals surface area contributed by atoms with Crippen molar-refractivity contribution in [2.24, 2.45) is 0 Å². The molecule has 1 aromatic heterocycles. The molecule has 1 unspecified atom stereocenters. The van der Waals surface area contributed by atoms with E-state index in [9.17, 15) is 13.2 Å². The van der Waals surface area contributed by atoms with Crippen LogP contribution in [0.4, 0.5) is 0 Å². The summed E-state index contributed by atoms with van der Waals surface area (Å²) in [5.41, 5.74) is -1.52. The highest BCUT2D eigenvalue weighted by atomic mass is 32.2. The number of aromatic amines is 1. The molecule has 16 heavy (non-hydrogen) atoms. The van der Waals surface area contributed by atoms with Crippen molar-refractivity contribution in [2.75, 3.05) is 0 Å². The first-order chi connectivity index (χ1) is 7.32. The molecule has 0 aromatic carbocycles. The molecule has 7 nitrogen and oxygen atoms in total. The van der Waals surface area contributed by atoms with E-state index in [1.807, 2.05) is 0 Å². The Morgan fingerprint density at radius 3 is 2.69 bits per heavy atom. The number of nitrogens with zero attached hydrogens (tertiary/aromatic N) is 1. The standard InChI is InChI=1S/C8H13N3O4S/c1-3-8(2,7(12)13)11-16(14,15)6-4-5-9-10-6/h4-5,11H,3H2,1-2H3,(H,9,10)(H,12,13). The van der Waals surface area contributed by atoms with Crippen LogP contribution in [0.15, 0.2) is 17.3 Å². The maximum absolute atomic E-state index is 11.7. The SMILES string of the molecule is CCC(C)(NS(=O)(=O)c1ccn[nH]1)C(=O)O. The van der Waals surface area contributed by atoms with E-state index in [-0.39, 0.29) is 11.4 Å². The summed E-state index contributed by atoms with van der Waals surface area (Å²) in [4.78, 5) is 10.9. The van der Waals surface area contributed by atoms with Gasteiger partial charge >= 0.3 is 5.97 Å². The maximum atomic E-state index is 11.7. The molecule has 90 valence electrons. The fraction of sp³-hybridized carbons (Fsp3) is 0.500. The normalized spacial score (nSPS) is 15.6. The van der Waals surface area contributed by atoms with Gasteiger partial charge in [-0.15, -0.1) is 0 Å². The minimum Gasteiger partial charge on any atom is -0.480 e. The van der Waals surface area contributed by atoms with Crippen molar-refractivity contribution < 1.29 is 18.3 Å². The fourth-order valence-electron chi connectivity index (χ4n) is 1.01. The second-order valence-electron chi connectivity index (χ2n) is 3.52. The number of carbonyl (C=O) groups is 1. The summed E-state index contributed by atoms with van der Waals surface area (Å²) in [7, 11) is -3.88. The molecule has 0 spiro atoms. The summed E-state index contributed by atoms with van der Waals surface area (Å²) in [5.74, 6) is -1.22. The molecular weight excluding hydrogens is 234 g/mol. The van der Waals surface area contributed by atoms with Crippen LogP contribution in [0.1, 0.15) is 20.3 Å². The number of hydrogen-bond acceptors (Lipinski definition) is 4. The second-order valence-corrected chi connectivity index (χ2v) is 5.17. The topological polar surface area (TPSA) is 112 Å². The minimum absolute atomic E-state index is 0.135. The predicted molar refractivity (Wildman–Crippen MR) is 55.2 cm³/mol. The van der Waals surface area contributed by atoms with Gasteiger partial charge < -0.3 is 5.11 Å². The molecule has 1 aromatic rings. The summed E-state index contributed by atoms with van der Waals surface area (Å²) < 4.78 is 25.6. The average Bonchev–Trinajstić information content (AvgIpc) is 2.70. The van der Waals surface area contributed by atoms with Gasteiger partial charge in [0.05, 0.1) is 6.20 Å². The molecule has 1 heterocycles. The number of hydrogen-bond donors (Lipinski definition) is 3. The number of carboxylic acid groups (broad SMARTS) is 1. The van der Waals surface area contributed by atoms with Crippen LogP contribution in [0.3, 0.4) is 0 Å². The van der Waals surface area contributed by atoms with E-state index in [0.717, 1.165) is 0 Å². The third kappa shape index (κ3) is 2.39. The lowest BCUT2D eigenvalue weighted by Gasteiger charge is -2.23. The first kappa shape index (κ1) is 12.7. The zero-order chi connectivity index (χ0) is 12.4. The van der Waals surface area contributed by atoms with Gasteiger partial charge in [-0.2, -0.15) is 9.82 Å². The second kappa shape index (κ2) is 4.22. The number of sulfonamides is 1. The molecule has 0 aliphatic heterocycles. The van der Waals surface area contributed by atoms with Crippen LogP contribution in [0, 0.1) is 0 Å². The highest BCUT2D eigenvalue weighted by Gasteiger charge is 2.36. The molecular formula is C8H13N3O4S. The lowest BCUT2D eigenvalue weighted by Crippen LogP contribution is -2.51. The Morgan fingerprint density at radius 2 is 2.31 bits per heavy atom. The smallest absolute Gasteiger partial charge is 0.324 e. The Morgan fingerprint density at radius 1 is 1.69 bits per heavy atom. The van der Waals surface area contributed by atoms with Crippen molar-refractivity contribution >= 4 is 16.0 Å². The summed E-state index contributed by atoms with van der Waals surface area (Å²) in [6.07, 6.45) is 1.41. The molecule has 0 bridgehead atoms. The zero-order valence-corrected chi connectivity index (χ0v) is 9.71.